The summed E-state index contributed by atoms with van der Waals surface area (Å²) in [6, 6.07) is 2.77. The highest BCUT2D eigenvalue weighted by atomic mass is 32.2. The number of aromatic nitrogens is 1. The van der Waals surface area contributed by atoms with E-state index >= 15 is 0 Å². The molecule has 0 saturated heterocycles. The molecule has 0 atom stereocenters. The Kier molecular flexibility index (Phi) is 4.56. The van der Waals surface area contributed by atoms with Gasteiger partial charge >= 0.3 is 0 Å². The van der Waals surface area contributed by atoms with E-state index in [9.17, 15) is 18.5 Å². The molecule has 0 amide bonds. The van der Waals surface area contributed by atoms with Crippen molar-refractivity contribution >= 4 is 21.5 Å². The number of sulfonamides is 1. The molecule has 1 rings (SSSR count). The molecule has 0 radical (unpaired) electrons. The quantitative estimate of drug-likeness (QED) is 0.568. The van der Waals surface area contributed by atoms with E-state index in [2.05, 4.69) is 15.0 Å². The molecule has 2 N–H and O–H groups in total. The average molecular weight is 274 g/mol. The minimum atomic E-state index is -3.27. The van der Waals surface area contributed by atoms with Crippen molar-refractivity contribution in [2.75, 3.05) is 24.7 Å². The van der Waals surface area contributed by atoms with Gasteiger partial charge in [0.15, 0.2) is 0 Å². The van der Waals surface area contributed by atoms with Crippen LogP contribution in [0.2, 0.25) is 0 Å². The summed E-state index contributed by atoms with van der Waals surface area (Å²) >= 11 is 0. The number of pyridine rings is 1. The maximum Gasteiger partial charge on any atom is 0.290 e. The van der Waals surface area contributed by atoms with E-state index in [4.69, 9.17) is 0 Å². The number of anilines is 1. The van der Waals surface area contributed by atoms with Crippen molar-refractivity contribution in [2.45, 2.75) is 6.92 Å². The first-order valence-electron chi connectivity index (χ1n) is 5.13. The van der Waals surface area contributed by atoms with Crippen LogP contribution in [0.4, 0.5) is 11.5 Å². The first-order chi connectivity index (χ1) is 8.35. The van der Waals surface area contributed by atoms with Crippen molar-refractivity contribution in [2.24, 2.45) is 0 Å². The summed E-state index contributed by atoms with van der Waals surface area (Å²) in [5.74, 6) is 0.311. The highest BCUT2D eigenvalue weighted by Gasteiger charge is 2.12. The van der Waals surface area contributed by atoms with Gasteiger partial charge in [0.05, 0.1) is 10.7 Å². The second-order valence-corrected chi connectivity index (χ2v) is 5.55. The predicted octanol–water partition coefficient (Wildman–Crippen LogP) is 0.259. The second-order valence-electron chi connectivity index (χ2n) is 3.51. The van der Waals surface area contributed by atoms with Crippen molar-refractivity contribution in [3.63, 3.8) is 0 Å². The Labute approximate surface area is 105 Å². The fraction of sp³-hybridized carbons (Fsp3) is 0.444. The summed E-state index contributed by atoms with van der Waals surface area (Å²) in [7, 11) is -1.93. The highest BCUT2D eigenvalue weighted by Crippen LogP contribution is 2.17. The molecular formula is C9H14N4O4S. The summed E-state index contributed by atoms with van der Waals surface area (Å²) in [6.07, 6.45) is 0. The molecule has 0 fully saturated rings. The monoisotopic (exact) mass is 274 g/mol. The molecule has 0 spiro atoms. The number of rotatable bonds is 6. The molecule has 1 heterocycles. The molecule has 9 heteroatoms. The molecular weight excluding hydrogens is 260 g/mol. The van der Waals surface area contributed by atoms with Crippen LogP contribution >= 0.6 is 0 Å². The fourth-order valence-corrected chi connectivity index (χ4v) is 1.84. The largest absolute Gasteiger partial charge is 0.369 e. The summed E-state index contributed by atoms with van der Waals surface area (Å²) < 4.78 is 24.5. The topological polar surface area (TPSA) is 114 Å². The highest BCUT2D eigenvalue weighted by molar-refractivity contribution is 7.89. The van der Waals surface area contributed by atoms with Gasteiger partial charge in [0.1, 0.15) is 11.5 Å². The van der Waals surface area contributed by atoms with Crippen LogP contribution in [0.15, 0.2) is 12.1 Å². The van der Waals surface area contributed by atoms with Crippen LogP contribution in [0, 0.1) is 17.0 Å². The Morgan fingerprint density at radius 3 is 2.61 bits per heavy atom. The zero-order chi connectivity index (χ0) is 13.8. The Morgan fingerprint density at radius 2 is 2.11 bits per heavy atom. The van der Waals surface area contributed by atoms with Crippen LogP contribution in [-0.2, 0) is 10.0 Å². The van der Waals surface area contributed by atoms with E-state index in [1.165, 1.54) is 26.1 Å². The Balaban J connectivity index is 2.65. The Bertz CT molecular complexity index is 543. The lowest BCUT2D eigenvalue weighted by atomic mass is 10.3. The molecule has 0 unspecified atom stereocenters. The van der Waals surface area contributed by atoms with Gasteiger partial charge in [0.2, 0.25) is 10.0 Å². The molecule has 100 valence electrons. The summed E-state index contributed by atoms with van der Waals surface area (Å²) in [4.78, 5) is 14.0. The normalized spacial score (nSPS) is 11.2. The van der Waals surface area contributed by atoms with Crippen LogP contribution in [0.25, 0.3) is 0 Å². The first kappa shape index (κ1) is 14.3. The third kappa shape index (κ3) is 3.93. The standard InChI is InChI=1S/C9H14N4O4S/c1-7-8(13(14)15)3-4-9(12-7)11-5-6-18(16,17)10-2/h3-4,10H,5-6H2,1-2H3,(H,11,12). The SMILES string of the molecule is CNS(=O)(=O)CCNc1ccc([N+](=O)[O-])c(C)n1. The Hall–Kier alpha value is -1.74. The lowest BCUT2D eigenvalue weighted by molar-refractivity contribution is -0.385. The lowest BCUT2D eigenvalue weighted by Gasteiger charge is -2.06. The van der Waals surface area contributed by atoms with Crippen molar-refractivity contribution < 1.29 is 13.3 Å². The molecule has 0 aliphatic carbocycles. The third-order valence-electron chi connectivity index (χ3n) is 2.24. The predicted molar refractivity (Wildman–Crippen MR) is 67.0 cm³/mol. The number of nitrogens with zero attached hydrogens (tertiary/aromatic N) is 2. The molecule has 0 aromatic carbocycles. The van der Waals surface area contributed by atoms with Gasteiger partial charge < -0.3 is 5.32 Å². The van der Waals surface area contributed by atoms with Crippen molar-refractivity contribution in [3.8, 4) is 0 Å². The summed E-state index contributed by atoms with van der Waals surface area (Å²) in [5.41, 5.74) is 0.213. The maximum atomic E-state index is 11.1. The van der Waals surface area contributed by atoms with Crippen molar-refractivity contribution in [1.82, 2.24) is 9.71 Å². The summed E-state index contributed by atoms with van der Waals surface area (Å²) in [6.45, 7) is 1.70. The molecule has 0 aliphatic rings. The van der Waals surface area contributed by atoms with Gasteiger partial charge in [-0.2, -0.15) is 0 Å². The van der Waals surface area contributed by atoms with Crippen LogP contribution in [-0.4, -0.2) is 37.7 Å². The zero-order valence-corrected chi connectivity index (χ0v) is 10.8. The van der Waals surface area contributed by atoms with Gasteiger partial charge in [-0.3, -0.25) is 10.1 Å². The van der Waals surface area contributed by atoms with E-state index in [0.29, 0.717) is 5.82 Å². The number of hydrogen-bond acceptors (Lipinski definition) is 6. The minimum absolute atomic E-state index is 0.0663. The smallest absolute Gasteiger partial charge is 0.290 e. The van der Waals surface area contributed by atoms with Gasteiger partial charge in [0.25, 0.3) is 5.69 Å². The molecule has 18 heavy (non-hydrogen) atoms. The van der Waals surface area contributed by atoms with Crippen LogP contribution in [0.3, 0.4) is 0 Å². The van der Waals surface area contributed by atoms with E-state index < -0.39 is 14.9 Å². The number of nitro groups is 1. The molecule has 0 saturated carbocycles. The minimum Gasteiger partial charge on any atom is -0.369 e. The number of nitrogens with one attached hydrogen (secondary N) is 2. The van der Waals surface area contributed by atoms with E-state index in [1.807, 2.05) is 0 Å². The average Bonchev–Trinajstić information content (AvgIpc) is 2.28. The molecule has 0 bridgehead atoms. The third-order valence-corrected chi connectivity index (χ3v) is 3.61. The molecule has 1 aromatic rings. The van der Waals surface area contributed by atoms with Gasteiger partial charge in [-0.05, 0) is 20.0 Å². The number of aryl methyl sites for hydroxylation is 1. The first-order valence-corrected chi connectivity index (χ1v) is 6.78. The van der Waals surface area contributed by atoms with Crippen LogP contribution < -0.4 is 10.0 Å². The second kappa shape index (κ2) is 5.74. The van der Waals surface area contributed by atoms with Crippen LogP contribution in [0.1, 0.15) is 5.69 Å². The van der Waals surface area contributed by atoms with Gasteiger partial charge in [0, 0.05) is 12.6 Å². The van der Waals surface area contributed by atoms with Crippen LogP contribution in [0.5, 0.6) is 0 Å². The van der Waals surface area contributed by atoms with Crippen molar-refractivity contribution in [1.29, 1.82) is 0 Å². The Morgan fingerprint density at radius 1 is 1.44 bits per heavy atom. The lowest BCUT2D eigenvalue weighted by Crippen LogP contribution is -2.26. The van der Waals surface area contributed by atoms with Gasteiger partial charge in [-0.15, -0.1) is 0 Å². The van der Waals surface area contributed by atoms with Crippen molar-refractivity contribution in [3.05, 3.63) is 27.9 Å². The zero-order valence-electron chi connectivity index (χ0n) is 10.0. The van der Waals surface area contributed by atoms with E-state index in [1.54, 1.807) is 0 Å². The van der Waals surface area contributed by atoms with Gasteiger partial charge in [-0.25, -0.2) is 18.1 Å². The molecule has 8 nitrogen and oxygen atoms in total. The molecule has 0 aliphatic heterocycles. The van der Waals surface area contributed by atoms with E-state index in [-0.39, 0.29) is 23.7 Å². The summed E-state index contributed by atoms with van der Waals surface area (Å²) in [5, 5.41) is 13.4. The maximum absolute atomic E-state index is 11.1. The van der Waals surface area contributed by atoms with Gasteiger partial charge in [-0.1, -0.05) is 0 Å². The fourth-order valence-electron chi connectivity index (χ4n) is 1.26. The van der Waals surface area contributed by atoms with E-state index in [0.717, 1.165) is 0 Å². The number of hydrogen-bond donors (Lipinski definition) is 2. The molecule has 1 aromatic heterocycles.